The molecular formula is C30H28N6O3. The summed E-state index contributed by atoms with van der Waals surface area (Å²) < 4.78 is 11.1. The number of anilines is 2. The van der Waals surface area contributed by atoms with Crippen LogP contribution in [0.4, 0.5) is 11.8 Å². The number of nitrogens with two attached hydrogens (primary N) is 2. The monoisotopic (exact) mass is 520 g/mol. The molecule has 1 unspecified atom stereocenters. The second-order valence-corrected chi connectivity index (χ2v) is 8.94. The van der Waals surface area contributed by atoms with Crippen LogP contribution in [0.3, 0.4) is 0 Å². The van der Waals surface area contributed by atoms with Gasteiger partial charge in [0.05, 0.1) is 26.0 Å². The van der Waals surface area contributed by atoms with Gasteiger partial charge in [0.15, 0.2) is 17.3 Å². The second kappa shape index (κ2) is 11.1. The van der Waals surface area contributed by atoms with Crippen LogP contribution >= 0.6 is 0 Å². The number of ether oxygens (including phenoxy) is 2. The number of ketones is 1. The molecule has 2 heterocycles. The second-order valence-electron chi connectivity index (χ2n) is 8.94. The molecule has 4 N–H and O–H groups in total. The van der Waals surface area contributed by atoms with Crippen LogP contribution in [0.1, 0.15) is 44.2 Å². The Hall–Kier alpha value is -5.18. The molecule has 1 aliphatic heterocycles. The van der Waals surface area contributed by atoms with Gasteiger partial charge in [-0.25, -0.2) is 4.98 Å². The number of hydrogen-bond donors (Lipinski definition) is 2. The van der Waals surface area contributed by atoms with Crippen molar-refractivity contribution < 1.29 is 14.3 Å². The largest absolute Gasteiger partial charge is 0.493 e. The molecule has 1 atom stereocenters. The lowest BCUT2D eigenvalue weighted by Gasteiger charge is -2.31. The van der Waals surface area contributed by atoms with Gasteiger partial charge in [-0.2, -0.15) is 10.1 Å². The van der Waals surface area contributed by atoms with E-state index in [-0.39, 0.29) is 23.6 Å². The molecule has 0 amide bonds. The number of fused-ring (bicyclic) bond motifs is 1. The summed E-state index contributed by atoms with van der Waals surface area (Å²) in [5.74, 6) is 0.870. The van der Waals surface area contributed by atoms with Crippen LogP contribution in [0.25, 0.3) is 0 Å². The van der Waals surface area contributed by atoms with E-state index in [0.717, 1.165) is 22.3 Å². The molecule has 1 aliphatic rings. The molecule has 3 aromatic carbocycles. The Morgan fingerprint density at radius 1 is 1.03 bits per heavy atom. The number of methoxy groups -OCH3 is 2. The van der Waals surface area contributed by atoms with Crippen molar-refractivity contribution in [1.82, 2.24) is 15.0 Å². The average molecular weight is 521 g/mol. The molecule has 0 saturated carbocycles. The number of benzene rings is 3. The molecule has 4 aromatic rings. The number of nitrogen functional groups attached to an aromatic ring is 2. The molecule has 196 valence electrons. The summed E-state index contributed by atoms with van der Waals surface area (Å²) >= 11 is 0. The molecule has 0 saturated heterocycles. The first-order valence-corrected chi connectivity index (χ1v) is 12.3. The summed E-state index contributed by atoms with van der Waals surface area (Å²) in [6.45, 7) is 0. The van der Waals surface area contributed by atoms with Crippen molar-refractivity contribution >= 4 is 23.8 Å². The molecule has 0 spiro atoms. The van der Waals surface area contributed by atoms with Crippen LogP contribution < -0.4 is 20.9 Å². The third kappa shape index (κ3) is 5.28. The number of hydrazone groups is 1. The summed E-state index contributed by atoms with van der Waals surface area (Å²) in [6, 6.07) is 21.5. The number of aromatic nitrogens is 2. The van der Waals surface area contributed by atoms with Crippen molar-refractivity contribution in [3.63, 3.8) is 0 Å². The Morgan fingerprint density at radius 2 is 1.79 bits per heavy atom. The minimum atomic E-state index is -0.269. The van der Waals surface area contributed by atoms with E-state index < -0.39 is 0 Å². The highest BCUT2D eigenvalue weighted by molar-refractivity contribution is 6.07. The van der Waals surface area contributed by atoms with Gasteiger partial charge in [-0.15, -0.1) is 0 Å². The first kappa shape index (κ1) is 25.5. The molecule has 9 nitrogen and oxygen atoms in total. The Balaban J connectivity index is 1.49. The number of carbonyl (C=O) groups is 1. The molecular weight excluding hydrogens is 492 g/mol. The highest BCUT2D eigenvalue weighted by atomic mass is 16.5. The van der Waals surface area contributed by atoms with Crippen LogP contribution in [-0.4, -0.2) is 41.2 Å². The Kier molecular flexibility index (Phi) is 7.22. The van der Waals surface area contributed by atoms with E-state index in [1.165, 1.54) is 20.3 Å². The first-order chi connectivity index (χ1) is 19.0. The van der Waals surface area contributed by atoms with E-state index in [1.807, 2.05) is 36.4 Å². The van der Waals surface area contributed by atoms with Gasteiger partial charge in [0.1, 0.15) is 11.9 Å². The summed E-state index contributed by atoms with van der Waals surface area (Å²) in [6.07, 6.45) is 6.93. The van der Waals surface area contributed by atoms with Crippen molar-refractivity contribution in [2.24, 2.45) is 5.10 Å². The number of hydrogen-bond acceptors (Lipinski definition) is 9. The molecule has 0 fully saturated rings. The van der Waals surface area contributed by atoms with Crippen molar-refractivity contribution in [2.45, 2.75) is 12.5 Å². The number of carbonyl (C=O) groups excluding carboxylic acids is 1. The van der Waals surface area contributed by atoms with Crippen molar-refractivity contribution in [3.05, 3.63) is 119 Å². The zero-order valence-electron chi connectivity index (χ0n) is 21.6. The predicted molar refractivity (Wildman–Crippen MR) is 151 cm³/mol. The van der Waals surface area contributed by atoms with E-state index >= 15 is 0 Å². The van der Waals surface area contributed by atoms with Gasteiger partial charge in [0.25, 0.3) is 0 Å². The lowest BCUT2D eigenvalue weighted by atomic mass is 9.93. The van der Waals surface area contributed by atoms with Crippen LogP contribution in [0.2, 0.25) is 0 Å². The van der Waals surface area contributed by atoms with Crippen molar-refractivity contribution in [2.75, 3.05) is 25.7 Å². The van der Waals surface area contributed by atoms with Crippen LogP contribution in [0, 0.1) is 0 Å². The Bertz CT molecular complexity index is 1570. The Morgan fingerprint density at radius 3 is 2.54 bits per heavy atom. The summed E-state index contributed by atoms with van der Waals surface area (Å²) in [5.41, 5.74) is 16.7. The van der Waals surface area contributed by atoms with Crippen LogP contribution in [0.5, 0.6) is 11.5 Å². The van der Waals surface area contributed by atoms with Gasteiger partial charge < -0.3 is 20.9 Å². The van der Waals surface area contributed by atoms with E-state index in [4.69, 9.17) is 20.9 Å². The summed E-state index contributed by atoms with van der Waals surface area (Å²) in [5, 5.41) is 6.42. The van der Waals surface area contributed by atoms with Gasteiger partial charge in [-0.05, 0) is 28.8 Å². The average Bonchev–Trinajstić information content (AvgIpc) is 2.96. The van der Waals surface area contributed by atoms with Gasteiger partial charge in [-0.1, -0.05) is 54.6 Å². The molecule has 0 radical (unpaired) electrons. The topological polar surface area (TPSA) is 129 Å². The van der Waals surface area contributed by atoms with E-state index in [1.54, 1.807) is 35.8 Å². The van der Waals surface area contributed by atoms with E-state index in [9.17, 15) is 4.79 Å². The molecule has 0 bridgehead atoms. The van der Waals surface area contributed by atoms with Crippen molar-refractivity contribution in [1.29, 1.82) is 0 Å². The number of nitrogens with zero attached hydrogens (tertiary/aromatic N) is 4. The van der Waals surface area contributed by atoms with Crippen LogP contribution in [0.15, 0.2) is 90.3 Å². The molecule has 5 rings (SSSR count). The lowest BCUT2D eigenvalue weighted by Crippen LogP contribution is -2.25. The van der Waals surface area contributed by atoms with Gasteiger partial charge in [0, 0.05) is 36.0 Å². The summed E-state index contributed by atoms with van der Waals surface area (Å²) in [4.78, 5) is 21.6. The normalized spacial score (nSPS) is 14.3. The maximum Gasteiger partial charge on any atom is 0.221 e. The number of rotatable bonds is 8. The van der Waals surface area contributed by atoms with Gasteiger partial charge >= 0.3 is 0 Å². The maximum atomic E-state index is 13.6. The minimum Gasteiger partial charge on any atom is -0.493 e. The molecule has 0 aliphatic carbocycles. The Labute approximate surface area is 226 Å². The first-order valence-electron chi connectivity index (χ1n) is 12.3. The van der Waals surface area contributed by atoms with Crippen molar-refractivity contribution in [3.8, 4) is 11.5 Å². The molecule has 1 aromatic heterocycles. The van der Waals surface area contributed by atoms with E-state index in [0.29, 0.717) is 29.0 Å². The van der Waals surface area contributed by atoms with E-state index in [2.05, 4.69) is 33.3 Å². The van der Waals surface area contributed by atoms with Gasteiger partial charge in [0.2, 0.25) is 5.95 Å². The summed E-state index contributed by atoms with van der Waals surface area (Å²) in [7, 11) is 3.03. The fraction of sp³-hybridized carbons (Fsp3) is 0.133. The smallest absolute Gasteiger partial charge is 0.221 e. The highest BCUT2D eigenvalue weighted by Gasteiger charge is 2.25. The fourth-order valence-electron chi connectivity index (χ4n) is 4.64. The zero-order chi connectivity index (χ0) is 27.4. The quantitative estimate of drug-likeness (QED) is 0.259. The molecule has 9 heteroatoms. The third-order valence-corrected chi connectivity index (χ3v) is 6.49. The molecule has 39 heavy (non-hydrogen) atoms. The maximum absolute atomic E-state index is 13.6. The minimum absolute atomic E-state index is 0.0985. The fourth-order valence-corrected chi connectivity index (χ4v) is 4.64. The zero-order valence-corrected chi connectivity index (χ0v) is 21.6. The highest BCUT2D eigenvalue weighted by Crippen LogP contribution is 2.36. The standard InChI is InChI=1S/C30H28N6O3/c1-38-26-16-19(14-22-17-33-30(32)35-29(22)31)15-24(28(26)39-2)25(37)12-13-36-27(20-8-4-3-5-9-20)23-11-7-6-10-21(23)18-34-36/h3-13,15-18,27H,14H2,1-2H3,(H4,31,32,33,35)/b13-12+. The van der Waals surface area contributed by atoms with Gasteiger partial charge in [-0.3, -0.25) is 9.80 Å². The SMILES string of the molecule is COc1cc(Cc2cnc(N)nc2N)cc(C(=O)/C=C/N2N=Cc3ccccc3C2c2ccccc2)c1OC. The lowest BCUT2D eigenvalue weighted by molar-refractivity contribution is 0.104. The number of allylic oxidation sites excluding steroid dienone is 1. The third-order valence-electron chi connectivity index (χ3n) is 6.49. The predicted octanol–water partition coefficient (Wildman–Crippen LogP) is 4.38. The van der Waals surface area contributed by atoms with Crippen LogP contribution in [-0.2, 0) is 6.42 Å².